The molecule has 1 aromatic rings. The van der Waals surface area contributed by atoms with Crippen LogP contribution < -0.4 is 5.73 Å². The number of nitrogens with two attached hydrogens (primary N) is 1. The van der Waals surface area contributed by atoms with E-state index in [1.165, 1.54) is 7.11 Å². The first-order valence-corrected chi connectivity index (χ1v) is 5.99. The third-order valence-electron chi connectivity index (χ3n) is 3.03. The van der Waals surface area contributed by atoms with E-state index in [1.807, 2.05) is 32.0 Å². The number of rotatable bonds is 6. The topological polar surface area (TPSA) is 35.2 Å². The summed E-state index contributed by atoms with van der Waals surface area (Å²) in [6.45, 7) is 4.48. The molecule has 0 fully saturated rings. The fourth-order valence-electron chi connectivity index (χ4n) is 2.11. The van der Waals surface area contributed by atoms with Crippen LogP contribution in [0.5, 0.6) is 0 Å². The molecule has 1 atom stereocenters. The van der Waals surface area contributed by atoms with E-state index in [4.69, 9.17) is 10.5 Å². The number of hydrogen-bond donors (Lipinski definition) is 1. The molecule has 0 aromatic heterocycles. The van der Waals surface area contributed by atoms with E-state index in [9.17, 15) is 4.39 Å². The van der Waals surface area contributed by atoms with Crippen molar-refractivity contribution in [2.75, 3.05) is 20.3 Å². The SMILES string of the molecule is COCC(F)(CCCN)c1cc(C)ccc1C. The van der Waals surface area contributed by atoms with Gasteiger partial charge in [0.25, 0.3) is 0 Å². The summed E-state index contributed by atoms with van der Waals surface area (Å²) < 4.78 is 20.0. The molecule has 1 aromatic carbocycles. The molecule has 2 N–H and O–H groups in total. The van der Waals surface area contributed by atoms with Crippen molar-refractivity contribution in [1.82, 2.24) is 0 Å². The summed E-state index contributed by atoms with van der Waals surface area (Å²) in [7, 11) is 1.53. The van der Waals surface area contributed by atoms with Gasteiger partial charge in [0.1, 0.15) is 0 Å². The Kier molecular flexibility index (Phi) is 5.09. The Bertz CT molecular complexity index is 367. The Balaban J connectivity index is 3.07. The average Bonchev–Trinajstić information content (AvgIpc) is 2.30. The van der Waals surface area contributed by atoms with Gasteiger partial charge in [-0.25, -0.2) is 4.39 Å². The van der Waals surface area contributed by atoms with Gasteiger partial charge in [0.15, 0.2) is 5.67 Å². The van der Waals surface area contributed by atoms with Gasteiger partial charge in [-0.15, -0.1) is 0 Å². The van der Waals surface area contributed by atoms with Crippen molar-refractivity contribution in [2.45, 2.75) is 32.4 Å². The fraction of sp³-hybridized carbons (Fsp3) is 0.571. The molecule has 0 radical (unpaired) electrons. The molecule has 0 aliphatic carbocycles. The first-order chi connectivity index (χ1) is 8.03. The summed E-state index contributed by atoms with van der Waals surface area (Å²) in [6, 6.07) is 5.86. The van der Waals surface area contributed by atoms with Crippen molar-refractivity contribution in [3.63, 3.8) is 0 Å². The van der Waals surface area contributed by atoms with Gasteiger partial charge in [0, 0.05) is 7.11 Å². The highest BCUT2D eigenvalue weighted by Crippen LogP contribution is 2.34. The van der Waals surface area contributed by atoms with Crippen molar-refractivity contribution in [1.29, 1.82) is 0 Å². The normalized spacial score (nSPS) is 14.6. The standard InChI is InChI=1S/C14H22FNO/c1-11-5-6-12(2)13(9-11)14(15,10-17-3)7-4-8-16/h5-6,9H,4,7-8,10,16H2,1-3H3. The molecule has 96 valence electrons. The van der Waals surface area contributed by atoms with Crippen molar-refractivity contribution in [2.24, 2.45) is 5.73 Å². The van der Waals surface area contributed by atoms with Gasteiger partial charge in [0.2, 0.25) is 0 Å². The van der Waals surface area contributed by atoms with Crippen LogP contribution in [0, 0.1) is 13.8 Å². The second-order valence-electron chi connectivity index (χ2n) is 4.61. The summed E-state index contributed by atoms with van der Waals surface area (Å²) in [5, 5.41) is 0. The average molecular weight is 239 g/mol. The molecule has 1 rings (SSSR count). The lowest BCUT2D eigenvalue weighted by Crippen LogP contribution is -2.28. The number of alkyl halides is 1. The number of halogens is 1. The Morgan fingerprint density at radius 1 is 1.35 bits per heavy atom. The predicted octanol–water partition coefficient (Wildman–Crippen LogP) is 2.85. The number of hydrogen-bond acceptors (Lipinski definition) is 2. The smallest absolute Gasteiger partial charge is 0.159 e. The molecule has 0 bridgehead atoms. The summed E-state index contributed by atoms with van der Waals surface area (Å²) >= 11 is 0. The molecule has 0 aliphatic heterocycles. The van der Waals surface area contributed by atoms with Gasteiger partial charge >= 0.3 is 0 Å². The first-order valence-electron chi connectivity index (χ1n) is 5.99. The number of aryl methyl sites for hydroxylation is 2. The monoisotopic (exact) mass is 239 g/mol. The summed E-state index contributed by atoms with van der Waals surface area (Å²) in [6.07, 6.45) is 1.06. The van der Waals surface area contributed by atoms with E-state index < -0.39 is 5.67 Å². The van der Waals surface area contributed by atoms with Gasteiger partial charge in [-0.05, 0) is 44.4 Å². The highest BCUT2D eigenvalue weighted by Gasteiger charge is 2.32. The lowest BCUT2D eigenvalue weighted by Gasteiger charge is -2.27. The van der Waals surface area contributed by atoms with Crippen molar-refractivity contribution < 1.29 is 9.13 Å². The Morgan fingerprint density at radius 2 is 2.06 bits per heavy atom. The molecule has 3 heteroatoms. The molecule has 0 heterocycles. The van der Waals surface area contributed by atoms with Crippen LogP contribution in [0.25, 0.3) is 0 Å². The van der Waals surface area contributed by atoms with Crippen LogP contribution >= 0.6 is 0 Å². The largest absolute Gasteiger partial charge is 0.381 e. The van der Waals surface area contributed by atoms with Crippen LogP contribution in [-0.2, 0) is 10.4 Å². The maximum Gasteiger partial charge on any atom is 0.159 e. The molecule has 0 amide bonds. The Morgan fingerprint density at radius 3 is 2.65 bits per heavy atom. The lowest BCUT2D eigenvalue weighted by molar-refractivity contribution is 0.0299. The molecule has 0 saturated heterocycles. The molecule has 17 heavy (non-hydrogen) atoms. The number of benzene rings is 1. The van der Waals surface area contributed by atoms with Gasteiger partial charge in [-0.3, -0.25) is 0 Å². The quantitative estimate of drug-likeness (QED) is 0.828. The molecular weight excluding hydrogens is 217 g/mol. The fourth-order valence-corrected chi connectivity index (χ4v) is 2.11. The molecular formula is C14H22FNO. The van der Waals surface area contributed by atoms with E-state index in [0.717, 1.165) is 16.7 Å². The predicted molar refractivity (Wildman–Crippen MR) is 68.9 cm³/mol. The zero-order valence-corrected chi connectivity index (χ0v) is 10.9. The van der Waals surface area contributed by atoms with Gasteiger partial charge in [-0.2, -0.15) is 0 Å². The van der Waals surface area contributed by atoms with E-state index in [2.05, 4.69) is 0 Å². The molecule has 0 aliphatic rings. The second kappa shape index (κ2) is 6.12. The van der Waals surface area contributed by atoms with Crippen molar-refractivity contribution in [3.8, 4) is 0 Å². The van der Waals surface area contributed by atoms with Crippen LogP contribution in [0.3, 0.4) is 0 Å². The van der Waals surface area contributed by atoms with Crippen molar-refractivity contribution >= 4 is 0 Å². The van der Waals surface area contributed by atoms with Crippen molar-refractivity contribution in [3.05, 3.63) is 34.9 Å². The van der Waals surface area contributed by atoms with Gasteiger partial charge < -0.3 is 10.5 Å². The zero-order valence-electron chi connectivity index (χ0n) is 10.9. The Labute approximate surface area is 103 Å². The summed E-state index contributed by atoms with van der Waals surface area (Å²) in [4.78, 5) is 0. The molecule has 2 nitrogen and oxygen atoms in total. The third kappa shape index (κ3) is 3.51. The number of ether oxygens (including phenoxy) is 1. The molecule has 0 spiro atoms. The minimum absolute atomic E-state index is 0.0806. The van der Waals surface area contributed by atoms with Crippen LogP contribution in [0.2, 0.25) is 0 Å². The first kappa shape index (κ1) is 14.1. The van der Waals surface area contributed by atoms with Crippen LogP contribution in [0.4, 0.5) is 4.39 Å². The molecule has 1 unspecified atom stereocenters. The minimum Gasteiger partial charge on any atom is -0.381 e. The highest BCUT2D eigenvalue weighted by molar-refractivity contribution is 5.35. The highest BCUT2D eigenvalue weighted by atomic mass is 19.1. The Hall–Kier alpha value is -0.930. The third-order valence-corrected chi connectivity index (χ3v) is 3.03. The molecule has 0 saturated carbocycles. The van der Waals surface area contributed by atoms with Crippen LogP contribution in [0.15, 0.2) is 18.2 Å². The second-order valence-corrected chi connectivity index (χ2v) is 4.61. The number of methoxy groups -OCH3 is 1. The van der Waals surface area contributed by atoms with E-state index in [-0.39, 0.29) is 6.61 Å². The van der Waals surface area contributed by atoms with Crippen LogP contribution in [-0.4, -0.2) is 20.3 Å². The van der Waals surface area contributed by atoms with Gasteiger partial charge in [-0.1, -0.05) is 23.8 Å². The minimum atomic E-state index is -1.43. The van der Waals surface area contributed by atoms with E-state index in [1.54, 1.807) is 0 Å². The lowest BCUT2D eigenvalue weighted by atomic mass is 9.87. The maximum atomic E-state index is 15.0. The van der Waals surface area contributed by atoms with Crippen LogP contribution in [0.1, 0.15) is 29.5 Å². The van der Waals surface area contributed by atoms with Gasteiger partial charge in [0.05, 0.1) is 6.61 Å². The summed E-state index contributed by atoms with van der Waals surface area (Å²) in [5.41, 5.74) is 6.80. The maximum absolute atomic E-state index is 15.0. The summed E-state index contributed by atoms with van der Waals surface area (Å²) in [5.74, 6) is 0. The zero-order chi connectivity index (χ0) is 12.9. The van der Waals surface area contributed by atoms with E-state index in [0.29, 0.717) is 19.4 Å². The van der Waals surface area contributed by atoms with E-state index >= 15 is 0 Å².